The number of hydrogen-bond donors (Lipinski definition) is 1. The van der Waals surface area contributed by atoms with Crippen molar-refractivity contribution < 1.29 is 14.1 Å². The van der Waals surface area contributed by atoms with Gasteiger partial charge in [-0.1, -0.05) is 53.2 Å². The fraction of sp³-hybridized carbons (Fsp3) is 0.407. The van der Waals surface area contributed by atoms with Gasteiger partial charge in [0.2, 0.25) is 5.88 Å². The predicted octanol–water partition coefficient (Wildman–Crippen LogP) is 5.71. The Kier molecular flexibility index (Phi) is 8.20. The van der Waals surface area contributed by atoms with E-state index >= 15 is 0 Å². The van der Waals surface area contributed by atoms with Gasteiger partial charge in [0.05, 0.1) is 12.1 Å². The molecular weight excluding hydrogens is 428 g/mol. The van der Waals surface area contributed by atoms with E-state index in [1.807, 2.05) is 66.4 Å². The number of aryl methyl sites for hydroxylation is 1. The number of methoxy groups -OCH3 is 1. The zero-order chi connectivity index (χ0) is 23.8. The van der Waals surface area contributed by atoms with E-state index < -0.39 is 0 Å². The van der Waals surface area contributed by atoms with Crippen molar-refractivity contribution in [3.8, 4) is 11.3 Å². The van der Waals surface area contributed by atoms with Gasteiger partial charge >= 0.3 is 6.03 Å². The Morgan fingerprint density at radius 3 is 2.53 bits per heavy atom. The average molecular weight is 463 g/mol. The van der Waals surface area contributed by atoms with Crippen molar-refractivity contribution in [1.82, 2.24) is 10.1 Å². The zero-order valence-corrected chi connectivity index (χ0v) is 20.1. The molecule has 1 saturated heterocycles. The predicted molar refractivity (Wildman–Crippen MR) is 135 cm³/mol. The summed E-state index contributed by atoms with van der Waals surface area (Å²) in [7, 11) is 1.68. The third kappa shape index (κ3) is 5.97. The molecule has 2 amide bonds. The molecule has 2 aromatic carbocycles. The molecule has 180 valence electrons. The smallest absolute Gasteiger partial charge is 0.322 e. The number of benzene rings is 2. The van der Waals surface area contributed by atoms with Crippen LogP contribution in [-0.2, 0) is 11.3 Å². The van der Waals surface area contributed by atoms with E-state index in [-0.39, 0.29) is 6.03 Å². The number of carbonyl (C=O) groups is 1. The number of ether oxygens (including phenoxy) is 1. The second-order valence-corrected chi connectivity index (χ2v) is 8.79. The number of hydrogen-bond acceptors (Lipinski definition) is 5. The highest BCUT2D eigenvalue weighted by Crippen LogP contribution is 2.34. The molecule has 1 N–H and O–H groups in total. The van der Waals surface area contributed by atoms with Gasteiger partial charge in [0, 0.05) is 44.6 Å². The molecule has 7 heteroatoms. The summed E-state index contributed by atoms with van der Waals surface area (Å²) in [5, 5.41) is 7.51. The van der Waals surface area contributed by atoms with Gasteiger partial charge in [0.15, 0.2) is 0 Å². The highest BCUT2D eigenvalue weighted by molar-refractivity contribution is 5.89. The van der Waals surface area contributed by atoms with Crippen molar-refractivity contribution in [3.63, 3.8) is 0 Å². The van der Waals surface area contributed by atoms with Gasteiger partial charge in [-0.15, -0.1) is 0 Å². The first kappa shape index (κ1) is 23.8. The molecule has 2 heterocycles. The summed E-state index contributed by atoms with van der Waals surface area (Å²) in [4.78, 5) is 17.5. The van der Waals surface area contributed by atoms with Gasteiger partial charge in [0.25, 0.3) is 0 Å². The zero-order valence-electron chi connectivity index (χ0n) is 20.1. The molecule has 3 aromatic rings. The fourth-order valence-corrected chi connectivity index (χ4v) is 4.29. The van der Waals surface area contributed by atoms with E-state index in [2.05, 4.69) is 15.4 Å². The second-order valence-electron chi connectivity index (χ2n) is 8.79. The molecule has 0 bridgehead atoms. The first-order valence-electron chi connectivity index (χ1n) is 12.1. The number of nitrogens with one attached hydrogen (secondary N) is 1. The van der Waals surface area contributed by atoms with Gasteiger partial charge in [-0.2, -0.15) is 0 Å². The van der Waals surface area contributed by atoms with E-state index in [9.17, 15) is 4.79 Å². The molecular formula is C27H34N4O3. The minimum atomic E-state index is -0.148. The van der Waals surface area contributed by atoms with Crippen LogP contribution < -0.4 is 10.2 Å². The van der Waals surface area contributed by atoms with Crippen LogP contribution in [-0.4, -0.2) is 49.4 Å². The molecule has 1 fully saturated rings. The summed E-state index contributed by atoms with van der Waals surface area (Å²) in [6, 6.07) is 17.7. The minimum absolute atomic E-state index is 0.148. The Labute approximate surface area is 201 Å². The van der Waals surface area contributed by atoms with Gasteiger partial charge in [-0.05, 0) is 44.7 Å². The third-order valence-electron chi connectivity index (χ3n) is 6.17. The van der Waals surface area contributed by atoms with E-state index in [4.69, 9.17) is 9.26 Å². The highest BCUT2D eigenvalue weighted by atomic mass is 16.5. The Bertz CT molecular complexity index is 1040. The SMILES string of the molecule is COCCCN(Cc1c(-c2ccccc2)noc1N1CCCCC1)C(=O)Nc1ccc(C)cc1. The first-order chi connectivity index (χ1) is 16.7. The van der Waals surface area contributed by atoms with Crippen LogP contribution in [0.3, 0.4) is 0 Å². The van der Waals surface area contributed by atoms with E-state index in [0.29, 0.717) is 19.7 Å². The van der Waals surface area contributed by atoms with Gasteiger partial charge in [-0.3, -0.25) is 0 Å². The quantitative estimate of drug-likeness (QED) is 0.412. The Morgan fingerprint density at radius 2 is 1.82 bits per heavy atom. The number of piperidine rings is 1. The van der Waals surface area contributed by atoms with Crippen molar-refractivity contribution in [2.45, 2.75) is 39.2 Å². The molecule has 4 rings (SSSR count). The summed E-state index contributed by atoms with van der Waals surface area (Å²) in [5.74, 6) is 0.776. The Morgan fingerprint density at radius 1 is 1.09 bits per heavy atom. The topological polar surface area (TPSA) is 70.8 Å². The number of carbonyl (C=O) groups excluding carboxylic acids is 1. The normalized spacial score (nSPS) is 13.6. The van der Waals surface area contributed by atoms with Gasteiger partial charge in [-0.25, -0.2) is 4.79 Å². The number of amides is 2. The molecule has 0 aliphatic carbocycles. The third-order valence-corrected chi connectivity index (χ3v) is 6.17. The standard InChI is InChI=1S/C27H34N4O3/c1-21-12-14-23(15-13-21)28-27(32)31(18-9-19-33-2)20-24-25(22-10-5-3-6-11-22)29-34-26(24)30-16-7-4-8-17-30/h3,5-6,10-15H,4,7-9,16-20H2,1-2H3,(H,28,32). The molecule has 0 spiro atoms. The lowest BCUT2D eigenvalue weighted by molar-refractivity contribution is 0.171. The molecule has 1 aliphatic heterocycles. The number of nitrogens with zero attached hydrogens (tertiary/aromatic N) is 3. The van der Waals surface area contributed by atoms with E-state index in [1.54, 1.807) is 7.11 Å². The minimum Gasteiger partial charge on any atom is -0.385 e. The fourth-order valence-electron chi connectivity index (χ4n) is 4.29. The Balaban J connectivity index is 1.63. The highest BCUT2D eigenvalue weighted by Gasteiger charge is 2.27. The number of rotatable bonds is 9. The van der Waals surface area contributed by atoms with Crippen LogP contribution in [0, 0.1) is 6.92 Å². The maximum absolute atomic E-state index is 13.4. The number of urea groups is 1. The molecule has 1 aliphatic rings. The molecule has 1 aromatic heterocycles. The van der Waals surface area contributed by atoms with E-state index in [0.717, 1.165) is 66.3 Å². The van der Waals surface area contributed by atoms with Crippen LogP contribution in [0.4, 0.5) is 16.4 Å². The summed E-state index contributed by atoms with van der Waals surface area (Å²) < 4.78 is 11.2. The largest absolute Gasteiger partial charge is 0.385 e. The Hall–Kier alpha value is -3.32. The molecule has 0 unspecified atom stereocenters. The van der Waals surface area contributed by atoms with Crippen molar-refractivity contribution in [1.29, 1.82) is 0 Å². The summed E-state index contributed by atoms with van der Waals surface area (Å²) >= 11 is 0. The van der Waals surface area contributed by atoms with Crippen molar-refractivity contribution in [2.75, 3.05) is 43.6 Å². The summed E-state index contributed by atoms with van der Waals surface area (Å²) in [6.45, 7) is 5.46. The monoisotopic (exact) mass is 462 g/mol. The van der Waals surface area contributed by atoms with Crippen molar-refractivity contribution >= 4 is 17.6 Å². The molecule has 34 heavy (non-hydrogen) atoms. The molecule has 7 nitrogen and oxygen atoms in total. The van der Waals surface area contributed by atoms with Gasteiger partial charge < -0.3 is 24.4 Å². The van der Waals surface area contributed by atoms with Crippen LogP contribution in [0.25, 0.3) is 11.3 Å². The molecule has 0 radical (unpaired) electrons. The van der Waals surface area contributed by atoms with Crippen LogP contribution >= 0.6 is 0 Å². The maximum atomic E-state index is 13.4. The lowest BCUT2D eigenvalue weighted by Crippen LogP contribution is -2.37. The first-order valence-corrected chi connectivity index (χ1v) is 12.1. The van der Waals surface area contributed by atoms with Crippen LogP contribution in [0.5, 0.6) is 0 Å². The van der Waals surface area contributed by atoms with Crippen molar-refractivity contribution in [3.05, 3.63) is 65.7 Å². The van der Waals surface area contributed by atoms with Crippen LogP contribution in [0.2, 0.25) is 0 Å². The van der Waals surface area contributed by atoms with Gasteiger partial charge in [0.1, 0.15) is 5.69 Å². The average Bonchev–Trinajstić information content (AvgIpc) is 3.29. The van der Waals surface area contributed by atoms with Crippen molar-refractivity contribution in [2.24, 2.45) is 0 Å². The van der Waals surface area contributed by atoms with Crippen LogP contribution in [0.1, 0.15) is 36.8 Å². The molecule has 0 atom stereocenters. The lowest BCUT2D eigenvalue weighted by Gasteiger charge is -2.28. The second kappa shape index (κ2) is 11.7. The number of aromatic nitrogens is 1. The summed E-state index contributed by atoms with van der Waals surface area (Å²) in [5.41, 5.74) is 4.65. The maximum Gasteiger partial charge on any atom is 0.322 e. The lowest BCUT2D eigenvalue weighted by atomic mass is 10.1. The van der Waals surface area contributed by atoms with E-state index in [1.165, 1.54) is 6.42 Å². The molecule has 0 saturated carbocycles. The summed E-state index contributed by atoms with van der Waals surface area (Å²) in [6.07, 6.45) is 4.23. The van der Waals surface area contributed by atoms with Crippen LogP contribution in [0.15, 0.2) is 59.1 Å². The number of anilines is 2.